The highest BCUT2D eigenvalue weighted by molar-refractivity contribution is 5.91. The molecule has 0 aliphatic heterocycles. The number of hydrogen-bond donors (Lipinski definition) is 3. The van der Waals surface area contributed by atoms with Gasteiger partial charge in [-0.2, -0.15) is 0 Å². The number of halogens is 1. The second-order valence-corrected chi connectivity index (χ2v) is 5.66. The van der Waals surface area contributed by atoms with Crippen LogP contribution in [0.3, 0.4) is 0 Å². The van der Waals surface area contributed by atoms with E-state index in [1.807, 2.05) is 0 Å². The molecule has 9 heteroatoms. The van der Waals surface area contributed by atoms with Crippen LogP contribution >= 0.6 is 0 Å². The molecule has 0 bridgehead atoms. The number of primary amides is 1. The van der Waals surface area contributed by atoms with E-state index in [1.54, 1.807) is 0 Å². The SMILES string of the molecule is COC(=O)CC[C@@H](NC(=O)[C@@H](Cc1ccc(F)cc1)NC(C)=O)C(N)=O. The van der Waals surface area contributed by atoms with Gasteiger partial charge in [0.25, 0.3) is 0 Å². The van der Waals surface area contributed by atoms with Crippen LogP contribution in [0.5, 0.6) is 0 Å². The highest BCUT2D eigenvalue weighted by Crippen LogP contribution is 2.07. The van der Waals surface area contributed by atoms with Crippen molar-refractivity contribution in [2.24, 2.45) is 5.73 Å². The summed E-state index contributed by atoms with van der Waals surface area (Å²) in [5.41, 5.74) is 5.86. The molecule has 142 valence electrons. The maximum atomic E-state index is 13.0. The average molecular weight is 367 g/mol. The number of rotatable bonds is 9. The molecular formula is C17H22FN3O5. The Bertz CT molecular complexity index is 663. The summed E-state index contributed by atoms with van der Waals surface area (Å²) >= 11 is 0. The van der Waals surface area contributed by atoms with E-state index in [1.165, 1.54) is 38.3 Å². The highest BCUT2D eigenvalue weighted by Gasteiger charge is 2.25. The zero-order valence-electron chi connectivity index (χ0n) is 14.6. The molecule has 2 atom stereocenters. The lowest BCUT2D eigenvalue weighted by atomic mass is 10.0. The Morgan fingerprint density at radius 1 is 1.12 bits per heavy atom. The summed E-state index contributed by atoms with van der Waals surface area (Å²) in [6.07, 6.45) is -0.0432. The fourth-order valence-corrected chi connectivity index (χ4v) is 2.23. The fourth-order valence-electron chi connectivity index (χ4n) is 2.23. The third-order valence-electron chi connectivity index (χ3n) is 3.57. The molecule has 1 aromatic carbocycles. The number of carbonyl (C=O) groups is 4. The average Bonchev–Trinajstić information content (AvgIpc) is 2.58. The van der Waals surface area contributed by atoms with Gasteiger partial charge in [-0.05, 0) is 24.1 Å². The topological polar surface area (TPSA) is 128 Å². The number of hydrogen-bond acceptors (Lipinski definition) is 5. The summed E-state index contributed by atoms with van der Waals surface area (Å²) in [5, 5.41) is 4.90. The number of amides is 3. The second kappa shape index (κ2) is 10.1. The minimum Gasteiger partial charge on any atom is -0.469 e. The maximum Gasteiger partial charge on any atom is 0.305 e. The number of methoxy groups -OCH3 is 1. The predicted molar refractivity (Wildman–Crippen MR) is 90.1 cm³/mol. The van der Waals surface area contributed by atoms with Gasteiger partial charge >= 0.3 is 5.97 Å². The zero-order valence-corrected chi connectivity index (χ0v) is 14.6. The molecule has 26 heavy (non-hydrogen) atoms. The first-order valence-electron chi connectivity index (χ1n) is 7.91. The van der Waals surface area contributed by atoms with Crippen LogP contribution in [-0.4, -0.2) is 42.9 Å². The van der Waals surface area contributed by atoms with Crippen LogP contribution in [0, 0.1) is 5.82 Å². The number of ether oxygens (including phenoxy) is 1. The van der Waals surface area contributed by atoms with Crippen LogP contribution in [0.1, 0.15) is 25.3 Å². The van der Waals surface area contributed by atoms with Crippen molar-refractivity contribution in [1.29, 1.82) is 0 Å². The first-order valence-corrected chi connectivity index (χ1v) is 7.91. The molecule has 0 saturated heterocycles. The van der Waals surface area contributed by atoms with Crippen molar-refractivity contribution in [1.82, 2.24) is 10.6 Å². The minimum atomic E-state index is -1.09. The molecule has 1 aromatic rings. The minimum absolute atomic E-state index is 0.0307. The van der Waals surface area contributed by atoms with Gasteiger partial charge in [-0.25, -0.2) is 4.39 Å². The Labute approximate surface area is 150 Å². The van der Waals surface area contributed by atoms with Gasteiger partial charge in [-0.15, -0.1) is 0 Å². The zero-order chi connectivity index (χ0) is 19.7. The number of nitrogens with one attached hydrogen (secondary N) is 2. The Morgan fingerprint density at radius 2 is 1.73 bits per heavy atom. The number of carbonyl (C=O) groups excluding carboxylic acids is 4. The highest BCUT2D eigenvalue weighted by atomic mass is 19.1. The molecule has 0 saturated carbocycles. The second-order valence-electron chi connectivity index (χ2n) is 5.66. The first-order chi connectivity index (χ1) is 12.2. The normalized spacial score (nSPS) is 12.6. The van der Waals surface area contributed by atoms with Gasteiger partial charge < -0.3 is 21.1 Å². The first kappa shape index (κ1) is 21.1. The van der Waals surface area contributed by atoms with Gasteiger partial charge in [0.2, 0.25) is 17.7 Å². The van der Waals surface area contributed by atoms with E-state index < -0.39 is 41.6 Å². The lowest BCUT2D eigenvalue weighted by Gasteiger charge is -2.21. The molecule has 0 aromatic heterocycles. The predicted octanol–water partition coefficient (Wildman–Crippen LogP) is -0.204. The molecule has 0 unspecified atom stereocenters. The van der Waals surface area contributed by atoms with Crippen LogP contribution < -0.4 is 16.4 Å². The maximum absolute atomic E-state index is 13.0. The van der Waals surface area contributed by atoms with E-state index in [2.05, 4.69) is 15.4 Å². The molecule has 3 amide bonds. The van der Waals surface area contributed by atoms with Crippen molar-refractivity contribution in [3.63, 3.8) is 0 Å². The van der Waals surface area contributed by atoms with Crippen LogP contribution in [0.15, 0.2) is 24.3 Å². The molecule has 0 fully saturated rings. The molecule has 0 spiro atoms. The molecule has 0 aliphatic carbocycles. The van der Waals surface area contributed by atoms with E-state index in [4.69, 9.17) is 5.73 Å². The fraction of sp³-hybridized carbons (Fsp3) is 0.412. The summed E-state index contributed by atoms with van der Waals surface area (Å²) in [4.78, 5) is 46.5. The molecule has 1 rings (SSSR count). The van der Waals surface area contributed by atoms with E-state index in [9.17, 15) is 23.6 Å². The van der Waals surface area contributed by atoms with E-state index in [0.29, 0.717) is 5.56 Å². The standard InChI is InChI=1S/C17H22FN3O5/c1-10(22)20-14(9-11-3-5-12(18)6-4-11)17(25)21-13(16(19)24)7-8-15(23)26-2/h3-6,13-14H,7-9H2,1-2H3,(H2,19,24)(H,20,22)(H,21,25)/t13-,14-/m1/s1. The van der Waals surface area contributed by atoms with Crippen molar-refractivity contribution in [3.8, 4) is 0 Å². The Hall–Kier alpha value is -2.97. The Balaban J connectivity index is 2.81. The summed E-state index contributed by atoms with van der Waals surface area (Å²) in [7, 11) is 1.20. The van der Waals surface area contributed by atoms with Crippen molar-refractivity contribution in [2.45, 2.75) is 38.3 Å². The van der Waals surface area contributed by atoms with Gasteiger partial charge in [0.1, 0.15) is 17.9 Å². The summed E-state index contributed by atoms with van der Waals surface area (Å²) in [6.45, 7) is 1.24. The molecule has 0 aliphatic rings. The van der Waals surface area contributed by atoms with Crippen LogP contribution in [-0.2, 0) is 30.3 Å². The lowest BCUT2D eigenvalue weighted by molar-refractivity contribution is -0.141. The van der Waals surface area contributed by atoms with Crippen LogP contribution in [0.4, 0.5) is 4.39 Å². The van der Waals surface area contributed by atoms with Crippen molar-refractivity contribution in [3.05, 3.63) is 35.6 Å². The van der Waals surface area contributed by atoms with E-state index in [0.717, 1.165) is 0 Å². The van der Waals surface area contributed by atoms with Crippen molar-refractivity contribution in [2.75, 3.05) is 7.11 Å². The van der Waals surface area contributed by atoms with E-state index in [-0.39, 0.29) is 19.3 Å². The van der Waals surface area contributed by atoms with Crippen LogP contribution in [0.2, 0.25) is 0 Å². The number of benzene rings is 1. The Kier molecular flexibility index (Phi) is 8.20. The van der Waals surface area contributed by atoms with Gasteiger partial charge in [0.15, 0.2) is 0 Å². The van der Waals surface area contributed by atoms with Crippen molar-refractivity contribution >= 4 is 23.7 Å². The molecule has 8 nitrogen and oxygen atoms in total. The summed E-state index contributed by atoms with van der Waals surface area (Å²) in [5.74, 6) is -2.87. The van der Waals surface area contributed by atoms with E-state index >= 15 is 0 Å². The largest absolute Gasteiger partial charge is 0.469 e. The van der Waals surface area contributed by atoms with Gasteiger partial charge in [-0.3, -0.25) is 19.2 Å². The summed E-state index contributed by atoms with van der Waals surface area (Å²) in [6, 6.07) is 3.37. The Morgan fingerprint density at radius 3 is 2.23 bits per heavy atom. The van der Waals surface area contributed by atoms with Gasteiger partial charge in [0, 0.05) is 19.8 Å². The number of esters is 1. The third kappa shape index (κ3) is 7.29. The molecule has 4 N–H and O–H groups in total. The number of nitrogens with two attached hydrogens (primary N) is 1. The molecule has 0 radical (unpaired) electrons. The van der Waals surface area contributed by atoms with Crippen molar-refractivity contribution < 1.29 is 28.3 Å². The smallest absolute Gasteiger partial charge is 0.305 e. The molecule has 0 heterocycles. The van der Waals surface area contributed by atoms with Crippen LogP contribution in [0.25, 0.3) is 0 Å². The lowest BCUT2D eigenvalue weighted by Crippen LogP contribution is -2.53. The quantitative estimate of drug-likeness (QED) is 0.521. The third-order valence-corrected chi connectivity index (χ3v) is 3.57. The summed E-state index contributed by atoms with van der Waals surface area (Å²) < 4.78 is 17.5. The van der Waals surface area contributed by atoms with Gasteiger partial charge in [0.05, 0.1) is 7.11 Å². The monoisotopic (exact) mass is 367 g/mol. The molecular weight excluding hydrogens is 345 g/mol. The van der Waals surface area contributed by atoms with Gasteiger partial charge in [-0.1, -0.05) is 12.1 Å².